The first-order valence-corrected chi connectivity index (χ1v) is 29.2. The molecule has 0 saturated carbocycles. The van der Waals surface area contributed by atoms with Gasteiger partial charge in [0.05, 0.1) is 52.4 Å². The van der Waals surface area contributed by atoms with Crippen LogP contribution in [0.2, 0.25) is 0 Å². The fourth-order valence-electron chi connectivity index (χ4n) is 8.86. The number of amides is 7. The zero-order valence-electron chi connectivity index (χ0n) is 47.6. The quantitative estimate of drug-likeness (QED) is 0.0378. The summed E-state index contributed by atoms with van der Waals surface area (Å²) >= 11 is 0. The minimum absolute atomic E-state index is 0.000376. The molecule has 0 spiro atoms. The van der Waals surface area contributed by atoms with Crippen LogP contribution in [0.5, 0.6) is 0 Å². The second-order valence-corrected chi connectivity index (χ2v) is 20.7. The molecular weight excluding hydrogens is 1010 g/mol. The van der Waals surface area contributed by atoms with Crippen LogP contribution >= 0.6 is 0 Å². The molecule has 7 amide bonds. The van der Waals surface area contributed by atoms with Gasteiger partial charge in [-0.05, 0) is 89.9 Å². The van der Waals surface area contributed by atoms with E-state index in [1.807, 2.05) is 0 Å². The highest BCUT2D eigenvalue weighted by Crippen LogP contribution is 2.26. The fourth-order valence-corrected chi connectivity index (χ4v) is 8.86. The molecule has 4 atom stereocenters. The largest absolute Gasteiger partial charge is 0.396 e. The lowest BCUT2D eigenvalue weighted by Gasteiger charge is -2.34. The molecule has 78 heavy (non-hydrogen) atoms. The summed E-state index contributed by atoms with van der Waals surface area (Å²) in [6.07, 6.45) is 13.0. The third-order valence-corrected chi connectivity index (χ3v) is 13.7. The molecule has 1 heterocycles. The highest BCUT2D eigenvalue weighted by Gasteiger charge is 2.36. The van der Waals surface area contributed by atoms with Crippen LogP contribution in [0.25, 0.3) is 0 Å². The molecule has 454 valence electrons. The van der Waals surface area contributed by atoms with E-state index >= 15 is 0 Å². The Morgan fingerprint density at radius 2 is 0.795 bits per heavy atom. The van der Waals surface area contributed by atoms with Gasteiger partial charge in [-0.3, -0.25) is 38.5 Å². The molecule has 2 unspecified atom stereocenters. The number of β-amino-alcohol motifs (C(OH)–C–C–N with tert-alkyl or cyclic N) is 1. The molecule has 1 aliphatic rings. The molecular formula is C55H104N8O15. The van der Waals surface area contributed by atoms with Crippen LogP contribution in [0.4, 0.5) is 0 Å². The number of ether oxygens (including phenoxy) is 3. The molecule has 0 bridgehead atoms. The van der Waals surface area contributed by atoms with Crippen molar-refractivity contribution < 1.29 is 73.3 Å². The normalized spacial score (nSPS) is 15.3. The average Bonchev–Trinajstić information content (AvgIpc) is 3.82. The van der Waals surface area contributed by atoms with Crippen LogP contribution in [0.1, 0.15) is 168 Å². The molecule has 1 aliphatic heterocycles. The monoisotopic (exact) mass is 1120 g/mol. The van der Waals surface area contributed by atoms with Crippen molar-refractivity contribution in [3.63, 3.8) is 0 Å². The van der Waals surface area contributed by atoms with Gasteiger partial charge in [-0.2, -0.15) is 0 Å². The highest BCUT2D eigenvalue weighted by molar-refractivity contribution is 5.78. The second-order valence-electron chi connectivity index (χ2n) is 20.7. The molecule has 0 aliphatic carbocycles. The molecule has 23 nitrogen and oxygen atoms in total. The summed E-state index contributed by atoms with van der Waals surface area (Å²) in [5, 5.41) is 66.6. The number of unbranched alkanes of at least 4 members (excludes halogenated alkanes) is 8. The van der Waals surface area contributed by atoms with Crippen molar-refractivity contribution in [3.8, 4) is 0 Å². The summed E-state index contributed by atoms with van der Waals surface area (Å²) in [6.45, 7) is 6.90. The van der Waals surface area contributed by atoms with Gasteiger partial charge in [0.1, 0.15) is 5.54 Å². The Labute approximate surface area is 464 Å². The van der Waals surface area contributed by atoms with Crippen LogP contribution in [0.3, 0.4) is 0 Å². The number of carbonyl (C=O) groups excluding carboxylic acids is 7. The van der Waals surface area contributed by atoms with Crippen molar-refractivity contribution in [3.05, 3.63) is 0 Å². The maximum Gasteiger partial charge on any atom is 0.222 e. The predicted molar refractivity (Wildman–Crippen MR) is 296 cm³/mol. The van der Waals surface area contributed by atoms with E-state index < -0.39 is 11.6 Å². The van der Waals surface area contributed by atoms with Crippen molar-refractivity contribution in [2.24, 2.45) is 5.92 Å². The van der Waals surface area contributed by atoms with E-state index in [9.17, 15) is 43.8 Å². The topological polar surface area (TPSA) is 336 Å². The minimum atomic E-state index is -1.28. The Bertz CT molecular complexity index is 1490. The van der Waals surface area contributed by atoms with Crippen LogP contribution in [-0.4, -0.2) is 207 Å². The van der Waals surface area contributed by atoms with Gasteiger partial charge in [-0.15, -0.1) is 0 Å². The SMILES string of the molecule is CC(CCCCCCCCC(=O)NC(COCCC(=O)NCCCNC(=O)CCCCO)(COCCC(=O)NCCCNC(=O)CCCCO)COCCC(=O)NCCCNC(=O)CCCCO)C(C)N1C[C@H](O)C[C@H]1CO. The summed E-state index contributed by atoms with van der Waals surface area (Å²) in [7, 11) is 0. The molecule has 0 aromatic carbocycles. The average molecular weight is 1120 g/mol. The Kier molecular flexibility index (Phi) is 44.0. The molecule has 12 N–H and O–H groups in total. The van der Waals surface area contributed by atoms with E-state index in [1.54, 1.807) is 0 Å². The third kappa shape index (κ3) is 38.5. The van der Waals surface area contributed by atoms with Crippen LogP contribution in [0.15, 0.2) is 0 Å². The lowest BCUT2D eigenvalue weighted by Crippen LogP contribution is -2.58. The van der Waals surface area contributed by atoms with E-state index in [-0.39, 0.29) is 145 Å². The zero-order chi connectivity index (χ0) is 57.5. The lowest BCUT2D eigenvalue weighted by molar-refractivity contribution is -0.130. The number of likely N-dealkylation sites (tertiary alicyclic amines) is 1. The summed E-state index contributed by atoms with van der Waals surface area (Å²) in [6, 6.07) is 0.260. The Balaban J connectivity index is 2.91. The maximum absolute atomic E-state index is 13.8. The standard InChI is InChI=1S/C55H104N8O15/c1-44(45(2)63-39-47(68)38-46(63)40-67)18-7-5-3-4-6-8-22-54(75)62-55(41-76-35-23-51(72)59-29-15-26-56-48(69)19-9-12-32-64,42-77-36-24-52(73)60-30-16-27-57-49(70)20-10-13-33-65)43-78-37-25-53(74)61-31-17-28-58-50(71)21-11-14-34-66/h44-47,64-68H,3-43H2,1-2H3,(H,56,69)(H,57,70)(H,58,71)(H,59,72)(H,60,73)(H,61,74)(H,62,75)/t44?,45?,46-,47+/m0/s1. The molecule has 0 radical (unpaired) electrons. The Hall–Kier alpha value is -4.07. The predicted octanol–water partition coefficient (Wildman–Crippen LogP) is 0.990. The van der Waals surface area contributed by atoms with Gasteiger partial charge in [0, 0.05) is 123 Å². The van der Waals surface area contributed by atoms with E-state index in [0.29, 0.717) is 142 Å². The summed E-state index contributed by atoms with van der Waals surface area (Å²) in [5.41, 5.74) is -1.28. The van der Waals surface area contributed by atoms with Crippen molar-refractivity contribution in [2.45, 2.75) is 192 Å². The highest BCUT2D eigenvalue weighted by atomic mass is 16.5. The first kappa shape index (κ1) is 71.9. The Morgan fingerprint density at radius 1 is 0.462 bits per heavy atom. The summed E-state index contributed by atoms with van der Waals surface area (Å²) in [5.74, 6) is -1.00. The number of aliphatic hydroxyl groups excluding tert-OH is 5. The number of hydrogen-bond donors (Lipinski definition) is 12. The molecule has 0 aromatic heterocycles. The number of rotatable bonds is 52. The molecule has 1 fully saturated rings. The van der Waals surface area contributed by atoms with Gasteiger partial charge in [-0.1, -0.05) is 39.0 Å². The Morgan fingerprint density at radius 3 is 1.17 bits per heavy atom. The van der Waals surface area contributed by atoms with Gasteiger partial charge in [0.25, 0.3) is 0 Å². The molecule has 1 saturated heterocycles. The minimum Gasteiger partial charge on any atom is -0.396 e. The first-order chi connectivity index (χ1) is 37.7. The molecule has 23 heteroatoms. The molecule has 1 rings (SSSR count). The van der Waals surface area contributed by atoms with Crippen molar-refractivity contribution >= 4 is 41.4 Å². The third-order valence-electron chi connectivity index (χ3n) is 13.7. The second kappa shape index (κ2) is 47.7. The van der Waals surface area contributed by atoms with Gasteiger partial charge in [-0.25, -0.2) is 0 Å². The van der Waals surface area contributed by atoms with Crippen LogP contribution < -0.4 is 37.2 Å². The van der Waals surface area contributed by atoms with Gasteiger partial charge in [0.15, 0.2) is 0 Å². The van der Waals surface area contributed by atoms with Crippen molar-refractivity contribution in [1.29, 1.82) is 0 Å². The van der Waals surface area contributed by atoms with E-state index in [4.69, 9.17) is 29.5 Å². The number of carbonyl (C=O) groups is 7. The zero-order valence-corrected chi connectivity index (χ0v) is 47.6. The summed E-state index contributed by atoms with van der Waals surface area (Å²) in [4.78, 5) is 90.1. The number of nitrogens with zero attached hydrogens (tertiary/aromatic N) is 1. The van der Waals surface area contributed by atoms with Crippen LogP contribution in [-0.2, 0) is 47.8 Å². The molecule has 0 aromatic rings. The first-order valence-electron chi connectivity index (χ1n) is 29.2. The smallest absolute Gasteiger partial charge is 0.222 e. The van der Waals surface area contributed by atoms with E-state index in [2.05, 4.69) is 56.0 Å². The number of nitrogens with one attached hydrogen (secondary N) is 7. The number of hydrogen-bond acceptors (Lipinski definition) is 16. The van der Waals surface area contributed by atoms with Crippen molar-refractivity contribution in [2.75, 3.05) is 112 Å². The maximum atomic E-state index is 13.8. The fraction of sp³-hybridized carbons (Fsp3) is 0.873. The van der Waals surface area contributed by atoms with E-state index in [1.165, 1.54) is 0 Å². The van der Waals surface area contributed by atoms with Gasteiger partial charge >= 0.3 is 0 Å². The van der Waals surface area contributed by atoms with Gasteiger partial charge < -0.3 is 77.0 Å². The van der Waals surface area contributed by atoms with E-state index in [0.717, 1.165) is 38.5 Å². The number of aliphatic hydroxyl groups is 5. The van der Waals surface area contributed by atoms with Crippen LogP contribution in [0, 0.1) is 5.92 Å². The summed E-state index contributed by atoms with van der Waals surface area (Å²) < 4.78 is 18.2. The lowest BCUT2D eigenvalue weighted by atomic mass is 9.94. The van der Waals surface area contributed by atoms with Gasteiger partial charge in [0.2, 0.25) is 41.4 Å². The van der Waals surface area contributed by atoms with Crippen molar-refractivity contribution in [1.82, 2.24) is 42.1 Å².